The Morgan fingerprint density at radius 1 is 1.04 bits per heavy atom. The SMILES string of the molecule is CC(=O)Nc1ccc(Nc2nc3cc(C)nn3c3ccccc23)cc1. The fraction of sp³-hybridized carbons (Fsp3) is 0.105. The number of anilines is 3. The molecule has 4 rings (SSSR count). The molecule has 0 atom stereocenters. The lowest BCUT2D eigenvalue weighted by atomic mass is 10.2. The van der Waals surface area contributed by atoms with Crippen molar-refractivity contribution >= 4 is 39.6 Å². The summed E-state index contributed by atoms with van der Waals surface area (Å²) in [5.41, 5.74) is 4.38. The molecule has 25 heavy (non-hydrogen) atoms. The molecule has 0 aliphatic rings. The predicted octanol–water partition coefficient (Wildman–Crippen LogP) is 3.89. The number of aryl methyl sites for hydroxylation is 1. The molecule has 0 spiro atoms. The van der Waals surface area contributed by atoms with Gasteiger partial charge in [0.2, 0.25) is 5.91 Å². The fourth-order valence-electron chi connectivity index (χ4n) is 2.85. The highest BCUT2D eigenvalue weighted by molar-refractivity contribution is 5.93. The minimum atomic E-state index is -0.0880. The Morgan fingerprint density at radius 3 is 2.52 bits per heavy atom. The van der Waals surface area contributed by atoms with Crippen LogP contribution in [0.15, 0.2) is 54.6 Å². The van der Waals surface area contributed by atoms with Crippen LogP contribution in [-0.4, -0.2) is 20.5 Å². The number of benzene rings is 2. The van der Waals surface area contributed by atoms with Crippen LogP contribution in [0.1, 0.15) is 12.6 Å². The van der Waals surface area contributed by atoms with Gasteiger partial charge in [0.25, 0.3) is 0 Å². The van der Waals surface area contributed by atoms with Crippen molar-refractivity contribution in [1.82, 2.24) is 14.6 Å². The Morgan fingerprint density at radius 2 is 1.76 bits per heavy atom. The summed E-state index contributed by atoms with van der Waals surface area (Å²) in [5.74, 6) is 0.685. The van der Waals surface area contributed by atoms with E-state index in [0.29, 0.717) is 0 Å². The van der Waals surface area contributed by atoms with E-state index < -0.39 is 0 Å². The van der Waals surface area contributed by atoms with Crippen LogP contribution in [0.5, 0.6) is 0 Å². The second kappa shape index (κ2) is 5.90. The highest BCUT2D eigenvalue weighted by Gasteiger charge is 2.10. The Hall–Kier alpha value is -3.41. The molecule has 0 unspecified atom stereocenters. The summed E-state index contributed by atoms with van der Waals surface area (Å²) in [6.07, 6.45) is 0. The van der Waals surface area contributed by atoms with Crippen molar-refractivity contribution in [1.29, 1.82) is 0 Å². The lowest BCUT2D eigenvalue weighted by Gasteiger charge is -2.11. The molecule has 0 saturated carbocycles. The molecule has 0 bridgehead atoms. The molecule has 2 aromatic carbocycles. The first-order valence-electron chi connectivity index (χ1n) is 8.00. The van der Waals surface area contributed by atoms with Crippen molar-refractivity contribution in [3.63, 3.8) is 0 Å². The Labute approximate surface area is 144 Å². The van der Waals surface area contributed by atoms with E-state index in [1.54, 1.807) is 0 Å². The minimum Gasteiger partial charge on any atom is -0.340 e. The van der Waals surface area contributed by atoms with Gasteiger partial charge in [-0.2, -0.15) is 5.10 Å². The number of rotatable bonds is 3. The third-order valence-electron chi connectivity index (χ3n) is 3.89. The number of hydrogen-bond acceptors (Lipinski definition) is 4. The molecule has 1 amide bonds. The van der Waals surface area contributed by atoms with Crippen LogP contribution in [-0.2, 0) is 4.79 Å². The first kappa shape index (κ1) is 15.1. The highest BCUT2D eigenvalue weighted by atomic mass is 16.1. The number of amides is 1. The standard InChI is InChI=1S/C19H17N5O/c1-12-11-18-22-19(16-5-3-4-6-17(16)24(18)23-12)21-15-9-7-14(8-10-15)20-13(2)25/h3-11H,1-2H3,(H,20,25)(H,21,22). The Kier molecular flexibility index (Phi) is 3.57. The molecule has 0 saturated heterocycles. The summed E-state index contributed by atoms with van der Waals surface area (Å²) in [6, 6.07) is 17.5. The van der Waals surface area contributed by atoms with Crippen LogP contribution in [0.4, 0.5) is 17.2 Å². The summed E-state index contributed by atoms with van der Waals surface area (Å²) in [6.45, 7) is 3.45. The van der Waals surface area contributed by atoms with Crippen molar-refractivity contribution in [2.24, 2.45) is 0 Å². The van der Waals surface area contributed by atoms with Gasteiger partial charge in [-0.25, -0.2) is 9.50 Å². The van der Waals surface area contributed by atoms with Gasteiger partial charge in [-0.05, 0) is 43.3 Å². The number of nitrogens with one attached hydrogen (secondary N) is 2. The van der Waals surface area contributed by atoms with Gasteiger partial charge in [0.1, 0.15) is 5.82 Å². The molecular weight excluding hydrogens is 314 g/mol. The van der Waals surface area contributed by atoms with E-state index in [4.69, 9.17) is 4.98 Å². The molecule has 6 heteroatoms. The van der Waals surface area contributed by atoms with Crippen LogP contribution in [0.25, 0.3) is 16.6 Å². The number of aromatic nitrogens is 3. The molecule has 0 aliphatic carbocycles. The van der Waals surface area contributed by atoms with Gasteiger partial charge in [-0.3, -0.25) is 4.79 Å². The molecule has 4 aromatic rings. The van der Waals surface area contributed by atoms with Crippen molar-refractivity contribution in [3.05, 3.63) is 60.3 Å². The van der Waals surface area contributed by atoms with Crippen LogP contribution in [0.2, 0.25) is 0 Å². The average Bonchev–Trinajstić information content (AvgIpc) is 2.97. The first-order valence-corrected chi connectivity index (χ1v) is 8.00. The summed E-state index contributed by atoms with van der Waals surface area (Å²) >= 11 is 0. The summed E-state index contributed by atoms with van der Waals surface area (Å²) in [5, 5.41) is 11.6. The zero-order chi connectivity index (χ0) is 17.4. The largest absolute Gasteiger partial charge is 0.340 e. The Balaban J connectivity index is 1.76. The van der Waals surface area contributed by atoms with Gasteiger partial charge < -0.3 is 10.6 Å². The highest BCUT2D eigenvalue weighted by Crippen LogP contribution is 2.26. The normalized spacial score (nSPS) is 11.0. The van der Waals surface area contributed by atoms with Gasteiger partial charge >= 0.3 is 0 Å². The van der Waals surface area contributed by atoms with E-state index in [1.165, 1.54) is 6.92 Å². The monoisotopic (exact) mass is 331 g/mol. The van der Waals surface area contributed by atoms with Crippen LogP contribution in [0, 0.1) is 6.92 Å². The summed E-state index contributed by atoms with van der Waals surface area (Å²) in [4.78, 5) is 15.8. The zero-order valence-electron chi connectivity index (χ0n) is 13.9. The number of hydrogen-bond donors (Lipinski definition) is 2. The number of para-hydroxylation sites is 1. The molecule has 2 aromatic heterocycles. The van der Waals surface area contributed by atoms with Crippen molar-refractivity contribution in [2.75, 3.05) is 10.6 Å². The second-order valence-corrected chi connectivity index (χ2v) is 5.92. The lowest BCUT2D eigenvalue weighted by Crippen LogP contribution is -2.05. The van der Waals surface area contributed by atoms with E-state index in [9.17, 15) is 4.79 Å². The quantitative estimate of drug-likeness (QED) is 0.597. The van der Waals surface area contributed by atoms with E-state index in [2.05, 4.69) is 15.7 Å². The van der Waals surface area contributed by atoms with Gasteiger partial charge in [-0.1, -0.05) is 12.1 Å². The average molecular weight is 331 g/mol. The van der Waals surface area contributed by atoms with Crippen LogP contribution < -0.4 is 10.6 Å². The number of carbonyl (C=O) groups is 1. The first-order chi connectivity index (χ1) is 12.1. The van der Waals surface area contributed by atoms with E-state index in [0.717, 1.165) is 39.4 Å². The molecule has 2 N–H and O–H groups in total. The molecular formula is C19H17N5O. The Bertz CT molecular complexity index is 1080. The van der Waals surface area contributed by atoms with E-state index >= 15 is 0 Å². The van der Waals surface area contributed by atoms with Crippen molar-refractivity contribution in [2.45, 2.75) is 13.8 Å². The third kappa shape index (κ3) is 2.89. The van der Waals surface area contributed by atoms with Gasteiger partial charge in [0.05, 0.1) is 11.2 Å². The predicted molar refractivity (Wildman–Crippen MR) is 99.3 cm³/mol. The maximum absolute atomic E-state index is 11.1. The maximum Gasteiger partial charge on any atom is 0.221 e. The van der Waals surface area contributed by atoms with Crippen molar-refractivity contribution < 1.29 is 4.79 Å². The topological polar surface area (TPSA) is 71.3 Å². The van der Waals surface area contributed by atoms with Crippen LogP contribution >= 0.6 is 0 Å². The number of nitrogens with zero attached hydrogens (tertiary/aromatic N) is 3. The van der Waals surface area contributed by atoms with E-state index in [1.807, 2.05) is 66.0 Å². The minimum absolute atomic E-state index is 0.0880. The van der Waals surface area contributed by atoms with Gasteiger partial charge in [0, 0.05) is 29.8 Å². The fourth-order valence-corrected chi connectivity index (χ4v) is 2.85. The van der Waals surface area contributed by atoms with Gasteiger partial charge in [-0.15, -0.1) is 0 Å². The maximum atomic E-state index is 11.1. The third-order valence-corrected chi connectivity index (χ3v) is 3.89. The van der Waals surface area contributed by atoms with Gasteiger partial charge in [0.15, 0.2) is 5.65 Å². The molecule has 0 fully saturated rings. The number of carbonyl (C=O) groups excluding carboxylic acids is 1. The summed E-state index contributed by atoms with van der Waals surface area (Å²) < 4.78 is 1.86. The summed E-state index contributed by atoms with van der Waals surface area (Å²) in [7, 11) is 0. The van der Waals surface area contributed by atoms with Crippen LogP contribution in [0.3, 0.4) is 0 Å². The molecule has 6 nitrogen and oxygen atoms in total. The zero-order valence-corrected chi connectivity index (χ0v) is 13.9. The molecule has 0 aliphatic heterocycles. The molecule has 0 radical (unpaired) electrons. The smallest absolute Gasteiger partial charge is 0.221 e. The van der Waals surface area contributed by atoms with E-state index in [-0.39, 0.29) is 5.91 Å². The lowest BCUT2D eigenvalue weighted by molar-refractivity contribution is -0.114. The number of fused-ring (bicyclic) bond motifs is 3. The van der Waals surface area contributed by atoms with Crippen molar-refractivity contribution in [3.8, 4) is 0 Å². The molecule has 2 heterocycles. The second-order valence-electron chi connectivity index (χ2n) is 5.92. The molecule has 124 valence electrons.